The number of aromatic nitrogens is 1. The van der Waals surface area contributed by atoms with Crippen molar-refractivity contribution in [1.82, 2.24) is 4.98 Å². The van der Waals surface area contributed by atoms with Crippen molar-refractivity contribution in [1.29, 1.82) is 0 Å². The van der Waals surface area contributed by atoms with Crippen molar-refractivity contribution in [2.45, 2.75) is 41.0 Å². The first-order valence-corrected chi connectivity index (χ1v) is 8.00. The Balaban J connectivity index is 0.000000160. The van der Waals surface area contributed by atoms with Gasteiger partial charge >= 0.3 is 0 Å². The number of pyridine rings is 1. The summed E-state index contributed by atoms with van der Waals surface area (Å²) in [5.74, 6) is 0. The highest BCUT2D eigenvalue weighted by atomic mass is 35.5. The quantitative estimate of drug-likeness (QED) is 0.555. The van der Waals surface area contributed by atoms with Crippen LogP contribution in [0.5, 0.6) is 0 Å². The Morgan fingerprint density at radius 1 is 0.870 bits per heavy atom. The van der Waals surface area contributed by atoms with Gasteiger partial charge in [-0.05, 0) is 61.1 Å². The number of allylic oxidation sites excluding steroid dienone is 3. The van der Waals surface area contributed by atoms with E-state index in [1.54, 1.807) is 0 Å². The lowest BCUT2D eigenvalue weighted by Gasteiger charge is -1.96. The average molecular weight is 326 g/mol. The molecule has 0 aliphatic heterocycles. The van der Waals surface area contributed by atoms with Gasteiger partial charge in [-0.2, -0.15) is 0 Å². The van der Waals surface area contributed by atoms with Crippen molar-refractivity contribution < 1.29 is 0 Å². The molecule has 2 aromatic rings. The molecule has 0 N–H and O–H groups in total. The van der Waals surface area contributed by atoms with Crippen LogP contribution in [0.2, 0.25) is 0 Å². The normalized spacial score (nSPS) is 14.8. The van der Waals surface area contributed by atoms with Crippen molar-refractivity contribution in [2.75, 3.05) is 0 Å². The first-order chi connectivity index (χ1) is 10.6. The zero-order valence-corrected chi connectivity index (χ0v) is 14.0. The SMILES string of the molecule is C.CC1=C(C)c2cccnc2C1.CC1=C(Cl)c2ccccc2C1. The molecule has 120 valence electrons. The fourth-order valence-electron chi connectivity index (χ4n) is 3.02. The van der Waals surface area contributed by atoms with Gasteiger partial charge in [0.25, 0.3) is 0 Å². The van der Waals surface area contributed by atoms with Crippen LogP contribution < -0.4 is 0 Å². The highest BCUT2D eigenvalue weighted by Crippen LogP contribution is 2.34. The van der Waals surface area contributed by atoms with Gasteiger partial charge in [0.1, 0.15) is 0 Å². The second-order valence-electron chi connectivity index (χ2n) is 6.01. The van der Waals surface area contributed by atoms with Crippen molar-refractivity contribution in [3.8, 4) is 0 Å². The van der Waals surface area contributed by atoms with E-state index in [1.807, 2.05) is 18.3 Å². The molecule has 0 saturated heterocycles. The lowest BCUT2D eigenvalue weighted by molar-refractivity contribution is 1.08. The molecule has 0 atom stereocenters. The van der Waals surface area contributed by atoms with Crippen LogP contribution in [0.3, 0.4) is 0 Å². The number of halogens is 1. The van der Waals surface area contributed by atoms with Crippen molar-refractivity contribution in [3.05, 3.63) is 76.1 Å². The van der Waals surface area contributed by atoms with E-state index in [0.717, 1.165) is 17.9 Å². The number of nitrogens with zero attached hydrogens (tertiary/aromatic N) is 1. The van der Waals surface area contributed by atoms with E-state index >= 15 is 0 Å². The van der Waals surface area contributed by atoms with E-state index in [4.69, 9.17) is 11.6 Å². The van der Waals surface area contributed by atoms with Crippen LogP contribution in [-0.2, 0) is 12.8 Å². The minimum absolute atomic E-state index is 0. The molecule has 0 amide bonds. The van der Waals surface area contributed by atoms with Crippen molar-refractivity contribution >= 4 is 22.2 Å². The standard InChI is InChI=1S/C10H9Cl.C10H11N.CH4/c1-7-6-8-4-2-3-5-9(8)10(7)11;1-7-6-10-9(8(7)2)4-3-5-11-10;/h2-5H,6H2,1H3;3-5H,6H2,1-2H3;1H4. The molecular formula is C21H24ClN. The molecule has 1 aromatic carbocycles. The number of benzene rings is 1. The van der Waals surface area contributed by atoms with Gasteiger partial charge in [-0.15, -0.1) is 0 Å². The summed E-state index contributed by atoms with van der Waals surface area (Å²) in [6, 6.07) is 12.4. The Morgan fingerprint density at radius 3 is 2.26 bits per heavy atom. The molecule has 1 aromatic heterocycles. The van der Waals surface area contributed by atoms with Gasteiger partial charge in [0.2, 0.25) is 0 Å². The molecule has 0 fully saturated rings. The largest absolute Gasteiger partial charge is 0.260 e. The average Bonchev–Trinajstić information content (AvgIpc) is 2.98. The van der Waals surface area contributed by atoms with Crippen LogP contribution in [0.4, 0.5) is 0 Å². The van der Waals surface area contributed by atoms with Crippen LogP contribution in [-0.4, -0.2) is 4.98 Å². The minimum atomic E-state index is 0. The van der Waals surface area contributed by atoms with Gasteiger partial charge in [0.05, 0.1) is 5.69 Å². The molecular weight excluding hydrogens is 302 g/mol. The van der Waals surface area contributed by atoms with Gasteiger partial charge < -0.3 is 0 Å². The summed E-state index contributed by atoms with van der Waals surface area (Å²) in [6.07, 6.45) is 3.93. The monoisotopic (exact) mass is 325 g/mol. The fourth-order valence-corrected chi connectivity index (χ4v) is 3.27. The second kappa shape index (κ2) is 7.14. The maximum atomic E-state index is 6.07. The van der Waals surface area contributed by atoms with Crippen LogP contribution in [0.15, 0.2) is 53.7 Å². The Morgan fingerprint density at radius 2 is 1.57 bits per heavy atom. The summed E-state index contributed by atoms with van der Waals surface area (Å²) in [7, 11) is 0. The molecule has 0 saturated carbocycles. The summed E-state index contributed by atoms with van der Waals surface area (Å²) in [4.78, 5) is 4.32. The molecule has 4 rings (SSSR count). The first-order valence-electron chi connectivity index (χ1n) is 7.62. The highest BCUT2D eigenvalue weighted by molar-refractivity contribution is 6.49. The van der Waals surface area contributed by atoms with E-state index < -0.39 is 0 Å². The van der Waals surface area contributed by atoms with Gasteiger partial charge in [-0.3, -0.25) is 4.98 Å². The number of fused-ring (bicyclic) bond motifs is 2. The van der Waals surface area contributed by atoms with E-state index in [9.17, 15) is 0 Å². The Labute approximate surface area is 144 Å². The molecule has 0 bridgehead atoms. The number of hydrogen-bond acceptors (Lipinski definition) is 1. The Hall–Kier alpha value is -1.86. The number of hydrogen-bond donors (Lipinski definition) is 0. The van der Waals surface area contributed by atoms with E-state index in [-0.39, 0.29) is 7.43 Å². The van der Waals surface area contributed by atoms with Crippen LogP contribution in [0, 0.1) is 0 Å². The highest BCUT2D eigenvalue weighted by Gasteiger charge is 2.15. The molecule has 0 unspecified atom stereocenters. The zero-order valence-electron chi connectivity index (χ0n) is 13.3. The molecule has 23 heavy (non-hydrogen) atoms. The van der Waals surface area contributed by atoms with Crippen LogP contribution in [0.1, 0.15) is 50.6 Å². The van der Waals surface area contributed by atoms with E-state index in [2.05, 4.69) is 50.0 Å². The van der Waals surface area contributed by atoms with E-state index in [0.29, 0.717) is 0 Å². The third-order valence-electron chi connectivity index (χ3n) is 4.45. The van der Waals surface area contributed by atoms with Crippen LogP contribution in [0.25, 0.3) is 10.6 Å². The lowest BCUT2D eigenvalue weighted by atomic mass is 10.1. The minimum Gasteiger partial charge on any atom is -0.260 e. The maximum Gasteiger partial charge on any atom is 0.0518 e. The molecule has 1 nitrogen and oxygen atoms in total. The zero-order chi connectivity index (χ0) is 15.7. The summed E-state index contributed by atoms with van der Waals surface area (Å²) < 4.78 is 0. The predicted octanol–water partition coefficient (Wildman–Crippen LogP) is 6.28. The van der Waals surface area contributed by atoms with Crippen LogP contribution >= 0.6 is 11.6 Å². The van der Waals surface area contributed by atoms with E-state index in [1.165, 1.54) is 39.1 Å². The van der Waals surface area contributed by atoms with Gasteiger partial charge in [-0.1, -0.05) is 54.9 Å². The molecule has 2 aliphatic carbocycles. The van der Waals surface area contributed by atoms with Crippen molar-refractivity contribution in [2.24, 2.45) is 0 Å². The summed E-state index contributed by atoms with van der Waals surface area (Å²) in [5.41, 5.74) is 9.30. The Kier molecular flexibility index (Phi) is 5.43. The molecule has 0 radical (unpaired) electrons. The lowest BCUT2D eigenvalue weighted by Crippen LogP contribution is -1.86. The summed E-state index contributed by atoms with van der Waals surface area (Å²) in [5, 5.41) is 0.945. The Bertz CT molecular complexity index is 716. The third-order valence-corrected chi connectivity index (χ3v) is 4.98. The number of rotatable bonds is 0. The summed E-state index contributed by atoms with van der Waals surface area (Å²) in [6.45, 7) is 6.43. The molecule has 2 aliphatic rings. The summed E-state index contributed by atoms with van der Waals surface area (Å²) >= 11 is 6.07. The van der Waals surface area contributed by atoms with Crippen molar-refractivity contribution in [3.63, 3.8) is 0 Å². The predicted molar refractivity (Wildman–Crippen MR) is 102 cm³/mol. The smallest absolute Gasteiger partial charge is 0.0518 e. The molecule has 1 heterocycles. The first kappa shape index (κ1) is 17.5. The van der Waals surface area contributed by atoms with Gasteiger partial charge in [-0.25, -0.2) is 0 Å². The third kappa shape index (κ3) is 3.40. The maximum absolute atomic E-state index is 6.07. The van der Waals surface area contributed by atoms with Gasteiger partial charge in [0, 0.05) is 17.6 Å². The molecule has 2 heteroatoms. The second-order valence-corrected chi connectivity index (χ2v) is 6.39. The topological polar surface area (TPSA) is 12.9 Å². The molecule has 0 spiro atoms. The van der Waals surface area contributed by atoms with Gasteiger partial charge in [0.15, 0.2) is 0 Å². The fraction of sp³-hybridized carbons (Fsp3) is 0.286.